The Balaban J connectivity index is 1.42. The molecule has 1 amide bonds. The number of piperazine rings is 1. The Labute approximate surface area is 172 Å². The minimum atomic E-state index is -0.0237. The van der Waals surface area contributed by atoms with Crippen LogP contribution < -0.4 is 10.3 Å². The molecular formula is C20H21ClN4O2S. The van der Waals surface area contributed by atoms with Crippen LogP contribution >= 0.6 is 22.9 Å². The molecule has 6 nitrogen and oxygen atoms in total. The first-order valence-electron chi connectivity index (χ1n) is 9.17. The van der Waals surface area contributed by atoms with Gasteiger partial charge in [0.15, 0.2) is 10.6 Å². The van der Waals surface area contributed by atoms with Gasteiger partial charge in [0.1, 0.15) is 6.54 Å². The van der Waals surface area contributed by atoms with Crippen LogP contribution in [0.3, 0.4) is 0 Å². The minimum absolute atomic E-state index is 0.0237. The quantitative estimate of drug-likeness (QED) is 0.658. The average Bonchev–Trinajstić information content (AvgIpc) is 3.07. The largest absolute Gasteiger partial charge is 0.345 e. The zero-order valence-electron chi connectivity index (χ0n) is 15.8. The maximum atomic E-state index is 12.8. The van der Waals surface area contributed by atoms with Crippen LogP contribution in [0, 0.1) is 13.8 Å². The van der Waals surface area contributed by atoms with Crippen molar-refractivity contribution < 1.29 is 4.79 Å². The number of hydrogen-bond donors (Lipinski definition) is 0. The SMILES string of the molecule is Cc1cc(=O)cc(C)n1CC(=O)N1CCN(c2nc3ccc(Cl)cc3s2)CC1. The molecule has 28 heavy (non-hydrogen) atoms. The second-order valence-electron chi connectivity index (χ2n) is 7.04. The van der Waals surface area contributed by atoms with Crippen molar-refractivity contribution >= 4 is 44.2 Å². The first-order chi connectivity index (χ1) is 13.4. The molecule has 3 heterocycles. The number of fused-ring (bicyclic) bond motifs is 1. The molecule has 1 saturated heterocycles. The Morgan fingerprint density at radius 3 is 2.46 bits per heavy atom. The Morgan fingerprint density at radius 2 is 1.79 bits per heavy atom. The maximum absolute atomic E-state index is 12.8. The summed E-state index contributed by atoms with van der Waals surface area (Å²) < 4.78 is 2.97. The summed E-state index contributed by atoms with van der Waals surface area (Å²) in [5.41, 5.74) is 2.55. The van der Waals surface area contributed by atoms with Gasteiger partial charge in [0, 0.05) is 54.7 Å². The number of pyridine rings is 1. The van der Waals surface area contributed by atoms with E-state index in [0.717, 1.165) is 39.8 Å². The summed E-state index contributed by atoms with van der Waals surface area (Å²) in [5.74, 6) is 0.0746. The van der Waals surface area contributed by atoms with Crippen LogP contribution in [0.2, 0.25) is 5.02 Å². The first kappa shape index (κ1) is 19.0. The lowest BCUT2D eigenvalue weighted by molar-refractivity contribution is -0.132. The van der Waals surface area contributed by atoms with Gasteiger partial charge in [-0.15, -0.1) is 0 Å². The van der Waals surface area contributed by atoms with Crippen molar-refractivity contribution in [2.45, 2.75) is 20.4 Å². The molecule has 1 aliphatic heterocycles. The van der Waals surface area contributed by atoms with Crippen LogP contribution in [0.4, 0.5) is 5.13 Å². The van der Waals surface area contributed by atoms with E-state index in [1.165, 1.54) is 0 Å². The van der Waals surface area contributed by atoms with Gasteiger partial charge in [0.25, 0.3) is 0 Å². The van der Waals surface area contributed by atoms with Crippen molar-refractivity contribution in [2.24, 2.45) is 0 Å². The van der Waals surface area contributed by atoms with Crippen molar-refractivity contribution in [1.29, 1.82) is 0 Å². The van der Waals surface area contributed by atoms with Gasteiger partial charge >= 0.3 is 0 Å². The smallest absolute Gasteiger partial charge is 0.242 e. The van der Waals surface area contributed by atoms with Gasteiger partial charge in [-0.2, -0.15) is 0 Å². The topological polar surface area (TPSA) is 58.4 Å². The van der Waals surface area contributed by atoms with E-state index in [0.29, 0.717) is 18.1 Å². The summed E-state index contributed by atoms with van der Waals surface area (Å²) in [6.45, 7) is 6.81. The molecule has 1 fully saturated rings. The summed E-state index contributed by atoms with van der Waals surface area (Å²) in [6.07, 6.45) is 0. The zero-order chi connectivity index (χ0) is 19.8. The molecule has 3 aromatic rings. The normalized spacial score (nSPS) is 14.7. The molecule has 0 unspecified atom stereocenters. The number of anilines is 1. The Morgan fingerprint density at radius 1 is 1.11 bits per heavy atom. The van der Waals surface area contributed by atoms with Crippen LogP contribution in [-0.2, 0) is 11.3 Å². The number of nitrogens with zero attached hydrogens (tertiary/aromatic N) is 4. The number of benzene rings is 1. The number of carbonyl (C=O) groups excluding carboxylic acids is 1. The van der Waals surface area contributed by atoms with Crippen LogP contribution in [0.25, 0.3) is 10.2 Å². The van der Waals surface area contributed by atoms with Gasteiger partial charge in [0.05, 0.1) is 10.2 Å². The molecule has 0 radical (unpaired) electrons. The molecule has 4 rings (SSSR count). The lowest BCUT2D eigenvalue weighted by atomic mass is 10.2. The van der Waals surface area contributed by atoms with Gasteiger partial charge in [-0.3, -0.25) is 9.59 Å². The van der Waals surface area contributed by atoms with E-state index in [1.807, 2.05) is 41.5 Å². The Bertz CT molecular complexity index is 1070. The lowest BCUT2D eigenvalue weighted by Crippen LogP contribution is -2.49. The van der Waals surface area contributed by atoms with E-state index in [1.54, 1.807) is 23.5 Å². The summed E-state index contributed by atoms with van der Waals surface area (Å²) >= 11 is 7.70. The highest BCUT2D eigenvalue weighted by Gasteiger charge is 2.23. The number of hydrogen-bond acceptors (Lipinski definition) is 5. The van der Waals surface area contributed by atoms with Gasteiger partial charge < -0.3 is 14.4 Å². The van der Waals surface area contributed by atoms with Crippen molar-refractivity contribution in [2.75, 3.05) is 31.1 Å². The molecule has 0 spiro atoms. The minimum Gasteiger partial charge on any atom is -0.345 e. The molecule has 0 bridgehead atoms. The second-order valence-corrected chi connectivity index (χ2v) is 8.48. The number of amides is 1. The molecule has 8 heteroatoms. The van der Waals surface area contributed by atoms with Gasteiger partial charge in [-0.05, 0) is 32.0 Å². The third kappa shape index (κ3) is 3.77. The van der Waals surface area contributed by atoms with E-state index < -0.39 is 0 Å². The molecule has 0 atom stereocenters. The van der Waals surface area contributed by atoms with Crippen LogP contribution in [-0.4, -0.2) is 46.5 Å². The number of carbonyl (C=O) groups is 1. The number of rotatable bonds is 3. The van der Waals surface area contributed by atoms with E-state index in [4.69, 9.17) is 16.6 Å². The van der Waals surface area contributed by atoms with Crippen molar-refractivity contribution in [3.63, 3.8) is 0 Å². The van der Waals surface area contributed by atoms with Crippen LogP contribution in [0.15, 0.2) is 35.1 Å². The third-order valence-corrected chi connectivity index (χ3v) is 6.40. The zero-order valence-corrected chi connectivity index (χ0v) is 17.4. The number of halogens is 1. The van der Waals surface area contributed by atoms with Gasteiger partial charge in [-0.1, -0.05) is 22.9 Å². The highest BCUT2D eigenvalue weighted by molar-refractivity contribution is 7.22. The Kier molecular flexibility index (Phi) is 5.12. The van der Waals surface area contributed by atoms with Crippen molar-refractivity contribution in [3.05, 3.63) is 57.0 Å². The highest BCUT2D eigenvalue weighted by atomic mass is 35.5. The molecule has 2 aromatic heterocycles. The fourth-order valence-corrected chi connectivity index (χ4v) is 4.83. The summed E-state index contributed by atoms with van der Waals surface area (Å²) in [5, 5.41) is 1.68. The fourth-order valence-electron chi connectivity index (χ4n) is 3.54. The molecule has 0 aliphatic carbocycles. The van der Waals surface area contributed by atoms with Crippen LogP contribution in [0.1, 0.15) is 11.4 Å². The first-order valence-corrected chi connectivity index (χ1v) is 10.4. The molecule has 0 saturated carbocycles. The fraction of sp³-hybridized carbons (Fsp3) is 0.350. The summed E-state index contributed by atoms with van der Waals surface area (Å²) in [6, 6.07) is 8.86. The standard InChI is InChI=1S/C20H21ClN4O2S/c1-13-9-16(26)10-14(2)25(13)12-19(27)23-5-7-24(8-6-23)20-22-17-4-3-15(21)11-18(17)28-20/h3-4,9-11H,5-8,12H2,1-2H3. The van der Waals surface area contributed by atoms with Crippen LogP contribution in [0.5, 0.6) is 0 Å². The molecule has 146 valence electrons. The monoisotopic (exact) mass is 416 g/mol. The van der Waals surface area contributed by atoms with Gasteiger partial charge in [-0.25, -0.2) is 4.98 Å². The third-order valence-electron chi connectivity index (χ3n) is 5.09. The lowest BCUT2D eigenvalue weighted by Gasteiger charge is -2.35. The molecule has 1 aromatic carbocycles. The second kappa shape index (κ2) is 7.56. The van der Waals surface area contributed by atoms with Crippen molar-refractivity contribution in [1.82, 2.24) is 14.5 Å². The van der Waals surface area contributed by atoms with Gasteiger partial charge in [0.2, 0.25) is 5.91 Å². The Hall–Kier alpha value is -2.38. The highest BCUT2D eigenvalue weighted by Crippen LogP contribution is 2.31. The van der Waals surface area contributed by atoms with E-state index >= 15 is 0 Å². The van der Waals surface area contributed by atoms with E-state index in [2.05, 4.69) is 4.90 Å². The molecule has 0 N–H and O–H groups in total. The van der Waals surface area contributed by atoms with E-state index in [-0.39, 0.29) is 17.9 Å². The molecular weight excluding hydrogens is 396 g/mol. The van der Waals surface area contributed by atoms with E-state index in [9.17, 15) is 9.59 Å². The summed E-state index contributed by atoms with van der Waals surface area (Å²) in [4.78, 5) is 33.1. The maximum Gasteiger partial charge on any atom is 0.242 e. The number of aryl methyl sites for hydroxylation is 2. The number of aromatic nitrogens is 2. The predicted molar refractivity (Wildman–Crippen MR) is 114 cm³/mol. The van der Waals surface area contributed by atoms with Crippen molar-refractivity contribution in [3.8, 4) is 0 Å². The predicted octanol–water partition coefficient (Wildman–Crippen LogP) is 3.08. The summed E-state index contributed by atoms with van der Waals surface area (Å²) in [7, 11) is 0. The number of thiazole rings is 1. The molecule has 1 aliphatic rings. The average molecular weight is 417 g/mol.